The van der Waals surface area contributed by atoms with Crippen LogP contribution in [0.25, 0.3) is 10.8 Å². The molecule has 2 aromatic rings. The third kappa shape index (κ3) is 1.60. The molecular weight excluding hydrogens is 176 g/mol. The fourth-order valence-corrected chi connectivity index (χ4v) is 1.40. The van der Waals surface area contributed by atoms with E-state index in [-0.39, 0.29) is 6.54 Å². The molecule has 0 amide bonds. The summed E-state index contributed by atoms with van der Waals surface area (Å²) in [7, 11) is 0. The number of nitrogens with zero attached hydrogens (tertiary/aromatic N) is 1. The second-order valence-electron chi connectivity index (χ2n) is 3.21. The number of aliphatic hydroxyl groups is 1. The molecule has 1 aromatic carbocycles. The number of aliphatic hydroxyl groups excluding tert-OH is 1. The Balaban J connectivity index is 2.51. The normalized spacial score (nSPS) is 13.0. The van der Waals surface area contributed by atoms with Crippen LogP contribution in [-0.4, -0.2) is 16.6 Å². The number of nitrogens with two attached hydrogens (primary N) is 1. The van der Waals surface area contributed by atoms with E-state index in [2.05, 4.69) is 4.98 Å². The van der Waals surface area contributed by atoms with Gasteiger partial charge in [0.25, 0.3) is 0 Å². The van der Waals surface area contributed by atoms with Gasteiger partial charge >= 0.3 is 0 Å². The van der Waals surface area contributed by atoms with Crippen molar-refractivity contribution in [2.45, 2.75) is 6.10 Å². The molecular formula is C11H12N2O. The lowest BCUT2D eigenvalue weighted by Crippen LogP contribution is -2.12. The zero-order valence-corrected chi connectivity index (χ0v) is 7.72. The smallest absolute Gasteiger partial charge is 0.108 e. The first-order valence-corrected chi connectivity index (χ1v) is 4.54. The van der Waals surface area contributed by atoms with Gasteiger partial charge in [-0.05, 0) is 11.5 Å². The Kier molecular flexibility index (Phi) is 2.43. The lowest BCUT2D eigenvalue weighted by atomic mass is 10.1. The van der Waals surface area contributed by atoms with Crippen LogP contribution in [0.4, 0.5) is 0 Å². The van der Waals surface area contributed by atoms with E-state index in [1.54, 1.807) is 6.20 Å². The molecule has 14 heavy (non-hydrogen) atoms. The molecule has 0 spiro atoms. The van der Waals surface area contributed by atoms with Crippen molar-refractivity contribution >= 4 is 10.8 Å². The molecule has 1 heterocycles. The summed E-state index contributed by atoms with van der Waals surface area (Å²) in [6, 6.07) is 9.77. The van der Waals surface area contributed by atoms with Crippen molar-refractivity contribution in [3.05, 3.63) is 42.2 Å². The molecule has 0 bridgehead atoms. The van der Waals surface area contributed by atoms with Gasteiger partial charge in [0, 0.05) is 18.1 Å². The van der Waals surface area contributed by atoms with E-state index in [9.17, 15) is 5.11 Å². The molecule has 0 fully saturated rings. The highest BCUT2D eigenvalue weighted by atomic mass is 16.3. The fourth-order valence-electron chi connectivity index (χ4n) is 1.40. The van der Waals surface area contributed by atoms with Crippen LogP contribution in [0.2, 0.25) is 0 Å². The Labute approximate surface area is 82.2 Å². The SMILES string of the molecule is NCC(O)c1cc2ccccc2cn1. The van der Waals surface area contributed by atoms with Crippen LogP contribution in [0.3, 0.4) is 0 Å². The standard InChI is InChI=1S/C11H12N2O/c12-6-11(14)10-5-8-3-1-2-4-9(8)7-13-10/h1-5,7,11,14H,6,12H2. The van der Waals surface area contributed by atoms with Gasteiger partial charge in [-0.15, -0.1) is 0 Å². The molecule has 3 heteroatoms. The predicted octanol–water partition coefficient (Wildman–Crippen LogP) is 1.23. The number of fused-ring (bicyclic) bond motifs is 1. The molecule has 0 radical (unpaired) electrons. The van der Waals surface area contributed by atoms with Gasteiger partial charge in [0.05, 0.1) is 5.69 Å². The Morgan fingerprint density at radius 1 is 1.29 bits per heavy atom. The molecule has 72 valence electrons. The van der Waals surface area contributed by atoms with E-state index in [0.29, 0.717) is 5.69 Å². The molecule has 3 nitrogen and oxygen atoms in total. The van der Waals surface area contributed by atoms with E-state index < -0.39 is 6.10 Å². The average molecular weight is 188 g/mol. The third-order valence-corrected chi connectivity index (χ3v) is 2.22. The minimum absolute atomic E-state index is 0.200. The minimum atomic E-state index is -0.667. The molecule has 0 saturated carbocycles. The Hall–Kier alpha value is -1.45. The Morgan fingerprint density at radius 2 is 2.00 bits per heavy atom. The van der Waals surface area contributed by atoms with Crippen molar-refractivity contribution in [3.8, 4) is 0 Å². The van der Waals surface area contributed by atoms with Crippen molar-refractivity contribution in [1.82, 2.24) is 4.98 Å². The second kappa shape index (κ2) is 3.74. The summed E-state index contributed by atoms with van der Waals surface area (Å²) in [5, 5.41) is 11.6. The number of pyridine rings is 1. The lowest BCUT2D eigenvalue weighted by molar-refractivity contribution is 0.182. The summed E-state index contributed by atoms with van der Waals surface area (Å²) in [5.74, 6) is 0. The van der Waals surface area contributed by atoms with Crippen molar-refractivity contribution in [3.63, 3.8) is 0 Å². The maximum absolute atomic E-state index is 9.50. The Bertz CT molecular complexity index is 442. The van der Waals surface area contributed by atoms with Gasteiger partial charge in [-0.25, -0.2) is 0 Å². The monoisotopic (exact) mass is 188 g/mol. The third-order valence-electron chi connectivity index (χ3n) is 2.22. The van der Waals surface area contributed by atoms with Crippen LogP contribution in [0, 0.1) is 0 Å². The van der Waals surface area contributed by atoms with Crippen molar-refractivity contribution in [2.24, 2.45) is 5.73 Å². The summed E-state index contributed by atoms with van der Waals surface area (Å²) in [5.41, 5.74) is 5.99. The molecule has 1 atom stereocenters. The second-order valence-corrected chi connectivity index (χ2v) is 3.21. The molecule has 0 aliphatic carbocycles. The number of aromatic nitrogens is 1. The van der Waals surface area contributed by atoms with E-state index in [0.717, 1.165) is 10.8 Å². The molecule has 1 unspecified atom stereocenters. The Morgan fingerprint density at radius 3 is 2.71 bits per heavy atom. The maximum Gasteiger partial charge on any atom is 0.108 e. The van der Waals surface area contributed by atoms with Crippen LogP contribution < -0.4 is 5.73 Å². The van der Waals surface area contributed by atoms with Gasteiger partial charge in [0.2, 0.25) is 0 Å². The van der Waals surface area contributed by atoms with E-state index in [4.69, 9.17) is 5.73 Å². The summed E-state index contributed by atoms with van der Waals surface area (Å²) >= 11 is 0. The zero-order valence-electron chi connectivity index (χ0n) is 7.72. The van der Waals surface area contributed by atoms with E-state index in [1.165, 1.54) is 0 Å². The van der Waals surface area contributed by atoms with Crippen LogP contribution in [0.15, 0.2) is 36.5 Å². The average Bonchev–Trinajstić information content (AvgIpc) is 2.27. The highest BCUT2D eigenvalue weighted by Crippen LogP contribution is 2.16. The van der Waals surface area contributed by atoms with Gasteiger partial charge in [-0.1, -0.05) is 24.3 Å². The van der Waals surface area contributed by atoms with Crippen LogP contribution in [0.5, 0.6) is 0 Å². The van der Waals surface area contributed by atoms with Crippen LogP contribution in [-0.2, 0) is 0 Å². The minimum Gasteiger partial charge on any atom is -0.385 e. The number of hydrogen-bond donors (Lipinski definition) is 2. The largest absolute Gasteiger partial charge is 0.385 e. The topological polar surface area (TPSA) is 59.1 Å². The van der Waals surface area contributed by atoms with E-state index >= 15 is 0 Å². The van der Waals surface area contributed by atoms with Gasteiger partial charge in [-0.2, -0.15) is 0 Å². The van der Waals surface area contributed by atoms with Gasteiger partial charge in [-0.3, -0.25) is 4.98 Å². The van der Waals surface area contributed by atoms with Gasteiger partial charge < -0.3 is 10.8 Å². The van der Waals surface area contributed by atoms with Crippen molar-refractivity contribution in [1.29, 1.82) is 0 Å². The molecule has 0 aliphatic heterocycles. The highest BCUT2D eigenvalue weighted by molar-refractivity contribution is 5.81. The van der Waals surface area contributed by atoms with E-state index in [1.807, 2.05) is 30.3 Å². The summed E-state index contributed by atoms with van der Waals surface area (Å²) < 4.78 is 0. The highest BCUT2D eigenvalue weighted by Gasteiger charge is 2.06. The molecule has 2 rings (SSSR count). The lowest BCUT2D eigenvalue weighted by Gasteiger charge is -2.07. The number of benzene rings is 1. The first-order chi connectivity index (χ1) is 6.81. The quantitative estimate of drug-likeness (QED) is 0.745. The predicted molar refractivity (Wildman–Crippen MR) is 55.8 cm³/mol. The zero-order chi connectivity index (χ0) is 9.97. The maximum atomic E-state index is 9.50. The number of hydrogen-bond acceptors (Lipinski definition) is 3. The van der Waals surface area contributed by atoms with Crippen molar-refractivity contribution in [2.75, 3.05) is 6.54 Å². The first-order valence-electron chi connectivity index (χ1n) is 4.54. The molecule has 0 aliphatic rings. The summed E-state index contributed by atoms with van der Waals surface area (Å²) in [4.78, 5) is 4.15. The fraction of sp³-hybridized carbons (Fsp3) is 0.182. The molecule has 1 aromatic heterocycles. The first kappa shape index (κ1) is 9.12. The number of rotatable bonds is 2. The van der Waals surface area contributed by atoms with Crippen LogP contribution >= 0.6 is 0 Å². The summed E-state index contributed by atoms with van der Waals surface area (Å²) in [6.45, 7) is 0.200. The molecule has 3 N–H and O–H groups in total. The van der Waals surface area contributed by atoms with Crippen LogP contribution in [0.1, 0.15) is 11.8 Å². The van der Waals surface area contributed by atoms with Crippen molar-refractivity contribution < 1.29 is 5.11 Å². The summed E-state index contributed by atoms with van der Waals surface area (Å²) in [6.07, 6.45) is 1.09. The van der Waals surface area contributed by atoms with Gasteiger partial charge in [0.1, 0.15) is 6.10 Å². The van der Waals surface area contributed by atoms with Gasteiger partial charge in [0.15, 0.2) is 0 Å². The molecule has 0 saturated heterocycles.